The molecule has 0 aromatic heterocycles. The summed E-state index contributed by atoms with van der Waals surface area (Å²) < 4.78 is 63.0. The minimum atomic E-state index is -4.97. The molecule has 0 amide bonds. The number of alkyl halides is 3. The molecule has 19 heavy (non-hydrogen) atoms. The van der Waals surface area contributed by atoms with E-state index in [0.717, 1.165) is 6.07 Å². The molecule has 3 nitrogen and oxygen atoms in total. The van der Waals surface area contributed by atoms with Crippen LogP contribution in [0.1, 0.15) is 0 Å². The van der Waals surface area contributed by atoms with Gasteiger partial charge in [0.15, 0.2) is 5.92 Å². The second kappa shape index (κ2) is 5.72. The number of hydrogen-bond acceptors (Lipinski definition) is 2. The van der Waals surface area contributed by atoms with Crippen LogP contribution in [-0.4, -0.2) is 23.8 Å². The van der Waals surface area contributed by atoms with Crippen LogP contribution in [-0.2, 0) is 4.79 Å². The minimum absolute atomic E-state index is 0.142. The lowest BCUT2D eigenvalue weighted by atomic mass is 10.1. The van der Waals surface area contributed by atoms with Gasteiger partial charge in [-0.1, -0.05) is 0 Å². The van der Waals surface area contributed by atoms with Gasteiger partial charge in [-0.05, 0) is 22.0 Å². The van der Waals surface area contributed by atoms with Crippen molar-refractivity contribution in [3.63, 3.8) is 0 Å². The number of nitrogens with one attached hydrogen (secondary N) is 1. The first kappa shape index (κ1) is 15.7. The highest BCUT2D eigenvalue weighted by Gasteiger charge is 2.45. The maximum absolute atomic E-state index is 13.3. The summed E-state index contributed by atoms with van der Waals surface area (Å²) in [5.74, 6) is -6.82. The fourth-order valence-corrected chi connectivity index (χ4v) is 1.81. The molecule has 1 aromatic rings. The molecule has 0 radical (unpaired) electrons. The Morgan fingerprint density at radius 2 is 1.95 bits per heavy atom. The molecule has 0 spiro atoms. The van der Waals surface area contributed by atoms with Gasteiger partial charge in [0.1, 0.15) is 11.6 Å². The molecular formula is C10H7BrF5NO2. The highest BCUT2D eigenvalue weighted by molar-refractivity contribution is 9.10. The van der Waals surface area contributed by atoms with Crippen LogP contribution in [0, 0.1) is 17.6 Å². The highest BCUT2D eigenvalue weighted by Crippen LogP contribution is 2.30. The van der Waals surface area contributed by atoms with E-state index in [1.54, 1.807) is 0 Å². The SMILES string of the molecule is O=C(O)C(CNc1c(F)cc(F)cc1Br)C(F)(F)F. The van der Waals surface area contributed by atoms with Crippen LogP contribution < -0.4 is 5.32 Å². The van der Waals surface area contributed by atoms with Crippen molar-refractivity contribution in [1.29, 1.82) is 0 Å². The Morgan fingerprint density at radius 3 is 2.37 bits per heavy atom. The molecule has 0 bridgehead atoms. The third-order valence-electron chi connectivity index (χ3n) is 2.18. The Labute approximate surface area is 112 Å². The van der Waals surface area contributed by atoms with Crippen LogP contribution in [0.3, 0.4) is 0 Å². The maximum Gasteiger partial charge on any atom is 0.403 e. The topological polar surface area (TPSA) is 49.3 Å². The normalized spacial score (nSPS) is 13.2. The Balaban J connectivity index is 2.90. The van der Waals surface area contributed by atoms with Gasteiger partial charge >= 0.3 is 12.1 Å². The van der Waals surface area contributed by atoms with Gasteiger partial charge in [-0.3, -0.25) is 4.79 Å². The zero-order valence-electron chi connectivity index (χ0n) is 9.06. The summed E-state index contributed by atoms with van der Waals surface area (Å²) in [4.78, 5) is 10.5. The number of benzene rings is 1. The molecule has 0 saturated carbocycles. The molecule has 1 rings (SSSR count). The fourth-order valence-electron chi connectivity index (χ4n) is 1.26. The molecule has 1 unspecified atom stereocenters. The second-order valence-electron chi connectivity index (χ2n) is 3.56. The number of hydrogen-bond donors (Lipinski definition) is 2. The van der Waals surface area contributed by atoms with Gasteiger partial charge in [-0.25, -0.2) is 8.78 Å². The first-order valence-electron chi connectivity index (χ1n) is 4.81. The Bertz CT molecular complexity index is 468. The maximum atomic E-state index is 13.3. The summed E-state index contributed by atoms with van der Waals surface area (Å²) in [7, 11) is 0. The Morgan fingerprint density at radius 1 is 1.37 bits per heavy atom. The predicted octanol–water partition coefficient (Wildman–Crippen LogP) is 3.40. The van der Waals surface area contributed by atoms with Crippen molar-refractivity contribution in [2.45, 2.75) is 6.18 Å². The van der Waals surface area contributed by atoms with E-state index in [1.807, 2.05) is 5.32 Å². The summed E-state index contributed by atoms with van der Waals surface area (Å²) in [6.07, 6.45) is -4.97. The number of anilines is 1. The van der Waals surface area contributed by atoms with Gasteiger partial charge < -0.3 is 10.4 Å². The predicted molar refractivity (Wildman–Crippen MR) is 59.7 cm³/mol. The van der Waals surface area contributed by atoms with Crippen molar-refractivity contribution < 1.29 is 31.9 Å². The molecule has 9 heteroatoms. The van der Waals surface area contributed by atoms with Crippen LogP contribution in [0.2, 0.25) is 0 Å². The molecule has 1 atom stereocenters. The number of aliphatic carboxylic acids is 1. The van der Waals surface area contributed by atoms with Crippen LogP contribution in [0.4, 0.5) is 27.6 Å². The second-order valence-corrected chi connectivity index (χ2v) is 4.41. The van der Waals surface area contributed by atoms with E-state index in [-0.39, 0.29) is 4.47 Å². The average molecular weight is 348 g/mol. The van der Waals surface area contributed by atoms with E-state index in [1.165, 1.54) is 0 Å². The lowest BCUT2D eigenvalue weighted by Gasteiger charge is -2.18. The lowest BCUT2D eigenvalue weighted by molar-refractivity contribution is -0.190. The molecule has 2 N–H and O–H groups in total. The molecular weight excluding hydrogens is 341 g/mol. The summed E-state index contributed by atoms with van der Waals surface area (Å²) in [5, 5.41) is 10.5. The quantitative estimate of drug-likeness (QED) is 0.820. The Hall–Kier alpha value is -1.38. The molecule has 0 heterocycles. The van der Waals surface area contributed by atoms with Crippen LogP contribution in [0.15, 0.2) is 16.6 Å². The van der Waals surface area contributed by atoms with Crippen LogP contribution in [0.25, 0.3) is 0 Å². The van der Waals surface area contributed by atoms with Crippen molar-refractivity contribution in [2.24, 2.45) is 5.92 Å². The monoisotopic (exact) mass is 347 g/mol. The van der Waals surface area contributed by atoms with Crippen LogP contribution in [0.5, 0.6) is 0 Å². The average Bonchev–Trinajstić information content (AvgIpc) is 2.18. The summed E-state index contributed by atoms with van der Waals surface area (Å²) in [6.45, 7) is -1.07. The fraction of sp³-hybridized carbons (Fsp3) is 0.300. The van der Waals surface area contributed by atoms with E-state index in [0.29, 0.717) is 6.07 Å². The molecule has 0 aliphatic heterocycles. The number of carboxylic acids is 1. The third-order valence-corrected chi connectivity index (χ3v) is 2.81. The first-order chi connectivity index (χ1) is 8.62. The van der Waals surface area contributed by atoms with Gasteiger partial charge in [0.05, 0.1) is 5.69 Å². The van der Waals surface area contributed by atoms with Crippen molar-refractivity contribution in [2.75, 3.05) is 11.9 Å². The zero-order chi connectivity index (χ0) is 14.8. The number of halogens is 6. The number of rotatable bonds is 4. The van der Waals surface area contributed by atoms with Gasteiger partial charge in [0, 0.05) is 17.1 Å². The number of carbonyl (C=O) groups is 1. The van der Waals surface area contributed by atoms with Crippen molar-refractivity contribution >= 4 is 27.6 Å². The summed E-state index contributed by atoms with van der Waals surface area (Å²) >= 11 is 2.76. The molecule has 1 aromatic carbocycles. The van der Waals surface area contributed by atoms with E-state index < -0.39 is 41.9 Å². The van der Waals surface area contributed by atoms with Crippen LogP contribution >= 0.6 is 15.9 Å². The number of carboxylic acid groups (broad SMARTS) is 1. The largest absolute Gasteiger partial charge is 0.481 e. The standard InChI is InChI=1S/C10H7BrF5NO2/c11-6-1-4(12)2-7(13)8(6)17-3-5(9(18)19)10(14,15)16/h1-2,5,17H,3H2,(H,18,19). The third kappa shape index (κ3) is 4.05. The van der Waals surface area contributed by atoms with E-state index >= 15 is 0 Å². The van der Waals surface area contributed by atoms with Crippen molar-refractivity contribution in [3.05, 3.63) is 28.2 Å². The molecule has 0 aliphatic carbocycles. The summed E-state index contributed by atoms with van der Waals surface area (Å²) in [5.41, 5.74) is -0.433. The highest BCUT2D eigenvalue weighted by atomic mass is 79.9. The van der Waals surface area contributed by atoms with Crippen molar-refractivity contribution in [3.8, 4) is 0 Å². The van der Waals surface area contributed by atoms with Gasteiger partial charge in [-0.15, -0.1) is 0 Å². The molecule has 0 saturated heterocycles. The molecule has 106 valence electrons. The minimum Gasteiger partial charge on any atom is -0.481 e. The summed E-state index contributed by atoms with van der Waals surface area (Å²) in [6, 6.07) is 1.31. The lowest BCUT2D eigenvalue weighted by Crippen LogP contribution is -2.36. The van der Waals surface area contributed by atoms with Gasteiger partial charge in [0.25, 0.3) is 0 Å². The smallest absolute Gasteiger partial charge is 0.403 e. The molecule has 0 aliphatic rings. The van der Waals surface area contributed by atoms with E-state index in [9.17, 15) is 26.7 Å². The van der Waals surface area contributed by atoms with Crippen molar-refractivity contribution in [1.82, 2.24) is 0 Å². The van der Waals surface area contributed by atoms with Gasteiger partial charge in [-0.2, -0.15) is 13.2 Å². The van der Waals surface area contributed by atoms with E-state index in [4.69, 9.17) is 5.11 Å². The van der Waals surface area contributed by atoms with Gasteiger partial charge in [0.2, 0.25) is 0 Å². The van der Waals surface area contributed by atoms with E-state index in [2.05, 4.69) is 15.9 Å². The first-order valence-corrected chi connectivity index (χ1v) is 5.60. The zero-order valence-corrected chi connectivity index (χ0v) is 10.6. The Kier molecular flexibility index (Phi) is 4.72. The molecule has 0 fully saturated rings.